The molecule has 2 aliphatic rings. The molecule has 0 bridgehead atoms. The summed E-state index contributed by atoms with van der Waals surface area (Å²) in [7, 11) is 1.61. The van der Waals surface area contributed by atoms with E-state index in [1.54, 1.807) is 7.11 Å². The topological polar surface area (TPSA) is 56.8 Å². The lowest BCUT2D eigenvalue weighted by molar-refractivity contribution is 0.0878. The van der Waals surface area contributed by atoms with Gasteiger partial charge in [0.2, 0.25) is 0 Å². The number of carbonyl (C=O) groups excluding carboxylic acids is 1. The minimum absolute atomic E-state index is 0.0501. The Hall–Kier alpha value is -1.79. The Morgan fingerprint density at radius 1 is 1.24 bits per heavy atom. The summed E-state index contributed by atoms with van der Waals surface area (Å²) in [5.74, 6) is 0.685. The van der Waals surface area contributed by atoms with Crippen LogP contribution in [0.15, 0.2) is 24.3 Å². The highest BCUT2D eigenvalue weighted by Gasteiger charge is 2.29. The quantitative estimate of drug-likeness (QED) is 0.865. The highest BCUT2D eigenvalue weighted by Crippen LogP contribution is 2.23. The Balaban J connectivity index is 1.54. The van der Waals surface area contributed by atoms with Crippen molar-refractivity contribution in [3.63, 3.8) is 0 Å². The third-order valence-electron chi connectivity index (χ3n) is 4.23. The van der Waals surface area contributed by atoms with Gasteiger partial charge in [-0.15, -0.1) is 0 Å². The third-order valence-corrected chi connectivity index (χ3v) is 4.23. The van der Waals surface area contributed by atoms with Gasteiger partial charge in [-0.3, -0.25) is 4.90 Å². The van der Waals surface area contributed by atoms with Crippen LogP contribution < -0.4 is 15.4 Å². The number of rotatable bonds is 3. The molecule has 21 heavy (non-hydrogen) atoms. The maximum atomic E-state index is 12.3. The van der Waals surface area contributed by atoms with Crippen LogP contribution in [0.25, 0.3) is 0 Å². The van der Waals surface area contributed by atoms with Crippen molar-refractivity contribution in [2.75, 3.05) is 51.7 Å². The maximum Gasteiger partial charge on any atom is 0.322 e. The number of benzene rings is 1. The van der Waals surface area contributed by atoms with E-state index in [2.05, 4.69) is 15.5 Å². The minimum atomic E-state index is -0.0501. The second-order valence-corrected chi connectivity index (χ2v) is 5.47. The minimum Gasteiger partial charge on any atom is -0.495 e. The van der Waals surface area contributed by atoms with E-state index in [4.69, 9.17) is 4.74 Å². The van der Waals surface area contributed by atoms with Gasteiger partial charge in [0.15, 0.2) is 0 Å². The van der Waals surface area contributed by atoms with Crippen LogP contribution in [0.1, 0.15) is 0 Å². The van der Waals surface area contributed by atoms with Gasteiger partial charge in [-0.1, -0.05) is 12.1 Å². The highest BCUT2D eigenvalue weighted by molar-refractivity contribution is 5.91. The molecule has 2 heterocycles. The van der Waals surface area contributed by atoms with Gasteiger partial charge in [-0.2, -0.15) is 0 Å². The number of methoxy groups -OCH3 is 1. The van der Waals surface area contributed by atoms with Crippen molar-refractivity contribution in [2.24, 2.45) is 0 Å². The first kappa shape index (κ1) is 14.2. The molecule has 2 saturated heterocycles. The fraction of sp³-hybridized carbons (Fsp3) is 0.533. The summed E-state index contributed by atoms with van der Waals surface area (Å²) in [5, 5.41) is 6.22. The number of hydrogen-bond donors (Lipinski definition) is 2. The number of carbonyl (C=O) groups is 1. The van der Waals surface area contributed by atoms with Gasteiger partial charge >= 0.3 is 6.03 Å². The van der Waals surface area contributed by atoms with Crippen molar-refractivity contribution in [3.8, 4) is 5.75 Å². The molecule has 0 aromatic heterocycles. The summed E-state index contributed by atoms with van der Waals surface area (Å²) >= 11 is 0. The number of nitrogens with zero attached hydrogens (tertiary/aromatic N) is 2. The lowest BCUT2D eigenvalue weighted by atomic mass is 10.1. The number of nitrogens with one attached hydrogen (secondary N) is 2. The van der Waals surface area contributed by atoms with E-state index in [0.717, 1.165) is 45.0 Å². The van der Waals surface area contributed by atoms with Gasteiger partial charge in [0.1, 0.15) is 5.75 Å². The fourth-order valence-electron chi connectivity index (χ4n) is 2.76. The van der Waals surface area contributed by atoms with E-state index < -0.39 is 0 Å². The number of para-hydroxylation sites is 2. The molecule has 2 aliphatic heterocycles. The van der Waals surface area contributed by atoms with Gasteiger partial charge in [0, 0.05) is 45.3 Å². The number of hydrogen-bond acceptors (Lipinski definition) is 4. The zero-order chi connectivity index (χ0) is 14.7. The van der Waals surface area contributed by atoms with Gasteiger partial charge in [-0.25, -0.2) is 4.79 Å². The fourth-order valence-corrected chi connectivity index (χ4v) is 2.76. The number of urea groups is 1. The van der Waals surface area contributed by atoms with Crippen LogP contribution in [0.2, 0.25) is 0 Å². The van der Waals surface area contributed by atoms with Crippen LogP contribution in [0, 0.1) is 0 Å². The average Bonchev–Trinajstić information content (AvgIpc) is 2.47. The predicted octanol–water partition coefficient (Wildman–Crippen LogP) is 0.816. The van der Waals surface area contributed by atoms with E-state index in [9.17, 15) is 4.79 Å². The van der Waals surface area contributed by atoms with Crippen LogP contribution >= 0.6 is 0 Å². The van der Waals surface area contributed by atoms with Crippen molar-refractivity contribution in [3.05, 3.63) is 24.3 Å². The Labute approximate surface area is 125 Å². The van der Waals surface area contributed by atoms with Gasteiger partial charge in [0.25, 0.3) is 0 Å². The van der Waals surface area contributed by atoms with Crippen LogP contribution in [-0.4, -0.2) is 68.3 Å². The molecule has 0 aliphatic carbocycles. The Morgan fingerprint density at radius 2 is 1.95 bits per heavy atom. The lowest BCUT2D eigenvalue weighted by Crippen LogP contribution is -2.62. The molecule has 1 aromatic rings. The maximum absolute atomic E-state index is 12.3. The molecule has 0 saturated carbocycles. The molecule has 2 fully saturated rings. The second-order valence-electron chi connectivity index (χ2n) is 5.47. The van der Waals surface area contributed by atoms with E-state index in [-0.39, 0.29) is 6.03 Å². The molecule has 0 atom stereocenters. The van der Waals surface area contributed by atoms with Crippen LogP contribution in [-0.2, 0) is 0 Å². The first-order valence-electron chi connectivity index (χ1n) is 7.41. The first-order valence-corrected chi connectivity index (χ1v) is 7.41. The van der Waals surface area contributed by atoms with Gasteiger partial charge in [-0.05, 0) is 12.1 Å². The van der Waals surface area contributed by atoms with Crippen LogP contribution in [0.3, 0.4) is 0 Å². The van der Waals surface area contributed by atoms with E-state index >= 15 is 0 Å². The first-order chi connectivity index (χ1) is 10.3. The predicted molar refractivity (Wildman–Crippen MR) is 81.8 cm³/mol. The van der Waals surface area contributed by atoms with Gasteiger partial charge < -0.3 is 20.3 Å². The average molecular weight is 290 g/mol. The summed E-state index contributed by atoms with van der Waals surface area (Å²) in [6.07, 6.45) is 0. The summed E-state index contributed by atoms with van der Waals surface area (Å²) in [6.45, 7) is 5.60. The molecule has 114 valence electrons. The zero-order valence-corrected chi connectivity index (χ0v) is 12.3. The molecule has 1 aromatic carbocycles. The smallest absolute Gasteiger partial charge is 0.322 e. The largest absolute Gasteiger partial charge is 0.495 e. The lowest BCUT2D eigenvalue weighted by Gasteiger charge is -2.43. The number of ether oxygens (including phenoxy) is 1. The Kier molecular flexibility index (Phi) is 4.26. The monoisotopic (exact) mass is 290 g/mol. The number of anilines is 1. The molecule has 0 unspecified atom stereocenters. The molecular formula is C15H22N4O2. The molecule has 3 rings (SSSR count). The standard InChI is InChI=1S/C15H22N4O2/c1-21-14-5-3-2-4-13(14)17-15(20)19-8-6-18(7-9-19)12-10-16-11-12/h2-5,12,16H,6-11H2,1H3,(H,17,20). The summed E-state index contributed by atoms with van der Waals surface area (Å²) in [6, 6.07) is 8.08. The molecule has 2 N–H and O–H groups in total. The van der Waals surface area contributed by atoms with Crippen molar-refractivity contribution in [1.29, 1.82) is 0 Å². The summed E-state index contributed by atoms with van der Waals surface area (Å²) in [5.41, 5.74) is 0.718. The van der Waals surface area contributed by atoms with Crippen LogP contribution in [0.5, 0.6) is 5.75 Å². The Bertz CT molecular complexity index is 496. The normalized spacial score (nSPS) is 20.0. The number of amides is 2. The molecular weight excluding hydrogens is 268 g/mol. The van der Waals surface area contributed by atoms with Crippen molar-refractivity contribution >= 4 is 11.7 Å². The van der Waals surface area contributed by atoms with E-state index in [0.29, 0.717) is 11.8 Å². The Morgan fingerprint density at radius 3 is 2.57 bits per heavy atom. The third kappa shape index (κ3) is 3.11. The summed E-state index contributed by atoms with van der Waals surface area (Å²) < 4.78 is 5.26. The molecule has 6 nitrogen and oxygen atoms in total. The van der Waals surface area contributed by atoms with E-state index in [1.807, 2.05) is 29.2 Å². The molecule has 0 radical (unpaired) electrons. The van der Waals surface area contributed by atoms with Crippen molar-refractivity contribution < 1.29 is 9.53 Å². The number of piperazine rings is 1. The van der Waals surface area contributed by atoms with Gasteiger partial charge in [0.05, 0.1) is 12.8 Å². The van der Waals surface area contributed by atoms with Crippen LogP contribution in [0.4, 0.5) is 10.5 Å². The second kappa shape index (κ2) is 6.32. The highest BCUT2D eigenvalue weighted by atomic mass is 16.5. The zero-order valence-electron chi connectivity index (χ0n) is 12.3. The molecule has 0 spiro atoms. The molecule has 6 heteroatoms. The van der Waals surface area contributed by atoms with Crippen molar-refractivity contribution in [2.45, 2.75) is 6.04 Å². The van der Waals surface area contributed by atoms with Crippen molar-refractivity contribution in [1.82, 2.24) is 15.1 Å². The summed E-state index contributed by atoms with van der Waals surface area (Å²) in [4.78, 5) is 16.7. The SMILES string of the molecule is COc1ccccc1NC(=O)N1CCN(C2CNC2)CC1. The molecule has 2 amide bonds. The van der Waals surface area contributed by atoms with E-state index in [1.165, 1.54) is 0 Å².